The van der Waals surface area contributed by atoms with Gasteiger partial charge in [0.1, 0.15) is 5.04 Å². The Bertz CT molecular complexity index is 241. The maximum Gasteiger partial charge on any atom is 0.158 e. The Labute approximate surface area is 62.4 Å². The first-order chi connectivity index (χ1) is 4.58. The van der Waals surface area contributed by atoms with Gasteiger partial charge in [0, 0.05) is 6.42 Å². The summed E-state index contributed by atoms with van der Waals surface area (Å²) in [5.74, 6) is 0. The zero-order valence-electron chi connectivity index (χ0n) is 5.14. The van der Waals surface area contributed by atoms with E-state index in [2.05, 4.69) is 0 Å². The maximum absolute atomic E-state index is 8.49. The van der Waals surface area contributed by atoms with Crippen molar-refractivity contribution < 1.29 is 0 Å². The van der Waals surface area contributed by atoms with E-state index >= 15 is 0 Å². The molecule has 0 aliphatic carbocycles. The Morgan fingerprint density at radius 1 is 1.70 bits per heavy atom. The molecule has 1 heterocycles. The van der Waals surface area contributed by atoms with Crippen molar-refractivity contribution in [2.75, 3.05) is 0 Å². The van der Waals surface area contributed by atoms with E-state index in [1.165, 1.54) is 0 Å². The van der Waals surface area contributed by atoms with E-state index in [0.717, 1.165) is 11.8 Å². The number of nitrogens with one attached hydrogen (secondary N) is 2. The summed E-state index contributed by atoms with van der Waals surface area (Å²) in [4.78, 5) is 0. The molecule has 0 aromatic rings. The lowest BCUT2D eigenvalue weighted by molar-refractivity contribution is 0.761. The normalized spacial score (nSPS) is 32.4. The largest absolute Gasteiger partial charge is 0.308 e. The first-order valence-corrected chi connectivity index (χ1v) is 3.44. The number of hydrogen-bond acceptors (Lipinski definition) is 5. The van der Waals surface area contributed by atoms with Crippen LogP contribution >= 0.6 is 11.8 Å². The fourth-order valence-electron chi connectivity index (χ4n) is 0.674. The van der Waals surface area contributed by atoms with Crippen molar-refractivity contribution in [3.05, 3.63) is 0 Å². The highest BCUT2D eigenvalue weighted by Crippen LogP contribution is 2.28. The number of nitrogens with zero attached hydrogens (tertiary/aromatic N) is 1. The molecular formula is C5H6N4S. The number of rotatable bonds is 0. The van der Waals surface area contributed by atoms with E-state index in [9.17, 15) is 0 Å². The minimum Gasteiger partial charge on any atom is -0.308 e. The fraction of sp³-hybridized carbons (Fsp3) is 0.400. The summed E-state index contributed by atoms with van der Waals surface area (Å²) in [7, 11) is 0. The fourth-order valence-corrected chi connectivity index (χ4v) is 1.52. The summed E-state index contributed by atoms with van der Waals surface area (Å²) in [5.41, 5.74) is 4.24. The Kier molecular flexibility index (Phi) is 1.50. The van der Waals surface area contributed by atoms with Gasteiger partial charge in [-0.2, -0.15) is 5.26 Å². The van der Waals surface area contributed by atoms with E-state index in [4.69, 9.17) is 21.8 Å². The van der Waals surface area contributed by atoms with E-state index < -0.39 is 5.54 Å². The third-order valence-electron chi connectivity index (χ3n) is 1.27. The lowest BCUT2D eigenvalue weighted by atomic mass is 10.0. The zero-order valence-corrected chi connectivity index (χ0v) is 5.96. The second-order valence-electron chi connectivity index (χ2n) is 2.11. The minimum absolute atomic E-state index is 0.0833. The van der Waals surface area contributed by atoms with Gasteiger partial charge in [0.15, 0.2) is 5.54 Å². The van der Waals surface area contributed by atoms with Crippen LogP contribution in [0.1, 0.15) is 6.42 Å². The molecule has 0 radical (unpaired) electrons. The topological polar surface area (TPSA) is 97.5 Å². The first-order valence-electron chi connectivity index (χ1n) is 2.63. The van der Waals surface area contributed by atoms with Crippen LogP contribution in [0.25, 0.3) is 0 Å². The van der Waals surface area contributed by atoms with Crippen LogP contribution in [0.5, 0.6) is 0 Å². The number of nitrogens with two attached hydrogens (primary N) is 1. The SMILES string of the molecule is N#CC1(N)CC(=N)SC1=N. The average molecular weight is 154 g/mol. The van der Waals surface area contributed by atoms with Crippen molar-refractivity contribution in [1.29, 1.82) is 16.1 Å². The number of thioether (sulfide) groups is 1. The standard InChI is InChI=1S/C5H6N4S/c6-2-5(9)1-3(7)10-4(5)8/h7-8H,1,9H2. The van der Waals surface area contributed by atoms with Gasteiger partial charge in [0.2, 0.25) is 0 Å². The van der Waals surface area contributed by atoms with Gasteiger partial charge in [-0.05, 0) is 0 Å². The Morgan fingerprint density at radius 3 is 2.50 bits per heavy atom. The molecule has 0 amide bonds. The van der Waals surface area contributed by atoms with E-state index in [0.29, 0.717) is 5.04 Å². The van der Waals surface area contributed by atoms with Crippen LogP contribution < -0.4 is 5.73 Å². The lowest BCUT2D eigenvalue weighted by Crippen LogP contribution is -2.41. The second kappa shape index (κ2) is 2.08. The molecule has 52 valence electrons. The predicted molar refractivity (Wildman–Crippen MR) is 40.2 cm³/mol. The lowest BCUT2D eigenvalue weighted by Gasteiger charge is -2.09. The molecule has 1 atom stereocenters. The van der Waals surface area contributed by atoms with E-state index in [1.807, 2.05) is 6.07 Å². The van der Waals surface area contributed by atoms with Crippen molar-refractivity contribution in [1.82, 2.24) is 0 Å². The average Bonchev–Trinajstić information content (AvgIpc) is 2.09. The van der Waals surface area contributed by atoms with Crippen LogP contribution in [0.4, 0.5) is 0 Å². The van der Waals surface area contributed by atoms with Gasteiger partial charge in [-0.3, -0.25) is 10.8 Å². The second-order valence-corrected chi connectivity index (χ2v) is 3.22. The molecule has 1 rings (SSSR count). The molecule has 1 fully saturated rings. The molecule has 0 aromatic carbocycles. The van der Waals surface area contributed by atoms with Gasteiger partial charge < -0.3 is 5.73 Å². The Hall–Kier alpha value is -0.860. The summed E-state index contributed by atoms with van der Waals surface area (Å²) in [6.45, 7) is 0. The molecule has 10 heavy (non-hydrogen) atoms. The van der Waals surface area contributed by atoms with Crippen LogP contribution in [0.15, 0.2) is 0 Å². The Morgan fingerprint density at radius 2 is 2.30 bits per heavy atom. The Balaban J connectivity index is 2.94. The van der Waals surface area contributed by atoms with Crippen LogP contribution in [0, 0.1) is 22.1 Å². The van der Waals surface area contributed by atoms with Crippen molar-refractivity contribution in [3.63, 3.8) is 0 Å². The molecule has 0 bridgehead atoms. The third kappa shape index (κ3) is 0.916. The van der Waals surface area contributed by atoms with Crippen LogP contribution in [0.2, 0.25) is 0 Å². The molecule has 5 heteroatoms. The summed E-state index contributed by atoms with van der Waals surface area (Å²) < 4.78 is 0. The minimum atomic E-state index is -1.21. The quantitative estimate of drug-likeness (QED) is 0.468. The van der Waals surface area contributed by atoms with Crippen LogP contribution in [-0.2, 0) is 0 Å². The van der Waals surface area contributed by atoms with Crippen LogP contribution in [0.3, 0.4) is 0 Å². The highest BCUT2D eigenvalue weighted by Gasteiger charge is 2.39. The predicted octanol–water partition coefficient (Wildman–Crippen LogP) is 0.299. The highest BCUT2D eigenvalue weighted by molar-refractivity contribution is 8.27. The molecule has 0 aromatic heterocycles. The molecule has 4 nitrogen and oxygen atoms in total. The third-order valence-corrected chi connectivity index (χ3v) is 2.23. The first kappa shape index (κ1) is 7.25. The van der Waals surface area contributed by atoms with Gasteiger partial charge in [-0.25, -0.2) is 0 Å². The van der Waals surface area contributed by atoms with Crippen molar-refractivity contribution in [2.45, 2.75) is 12.0 Å². The molecule has 0 spiro atoms. The van der Waals surface area contributed by atoms with Gasteiger partial charge in [-0.1, -0.05) is 11.8 Å². The summed E-state index contributed by atoms with van der Waals surface area (Å²) in [6, 6.07) is 1.81. The van der Waals surface area contributed by atoms with Crippen molar-refractivity contribution in [3.8, 4) is 6.07 Å². The van der Waals surface area contributed by atoms with Crippen molar-refractivity contribution in [2.24, 2.45) is 5.73 Å². The molecule has 4 N–H and O–H groups in total. The molecule has 1 unspecified atom stereocenters. The zero-order chi connectivity index (χ0) is 7.78. The summed E-state index contributed by atoms with van der Waals surface area (Å²) in [6.07, 6.45) is 0.188. The number of hydrogen-bond donors (Lipinski definition) is 3. The summed E-state index contributed by atoms with van der Waals surface area (Å²) >= 11 is 0.971. The summed E-state index contributed by atoms with van der Waals surface area (Å²) in [5, 5.41) is 23.2. The molecule has 1 saturated heterocycles. The van der Waals surface area contributed by atoms with Crippen molar-refractivity contribution >= 4 is 21.8 Å². The molecule has 1 aliphatic rings. The van der Waals surface area contributed by atoms with Gasteiger partial charge in [-0.15, -0.1) is 0 Å². The van der Waals surface area contributed by atoms with E-state index in [1.54, 1.807) is 0 Å². The molecule has 1 aliphatic heterocycles. The van der Waals surface area contributed by atoms with E-state index in [-0.39, 0.29) is 11.5 Å². The van der Waals surface area contributed by atoms with Crippen LogP contribution in [-0.4, -0.2) is 15.6 Å². The number of nitriles is 1. The molecular weight excluding hydrogens is 148 g/mol. The van der Waals surface area contributed by atoms with Gasteiger partial charge >= 0.3 is 0 Å². The maximum atomic E-state index is 8.49. The van der Waals surface area contributed by atoms with Gasteiger partial charge in [0.05, 0.1) is 11.1 Å². The van der Waals surface area contributed by atoms with Gasteiger partial charge in [0.25, 0.3) is 0 Å². The monoisotopic (exact) mass is 154 g/mol. The molecule has 0 saturated carbocycles. The smallest absolute Gasteiger partial charge is 0.158 e. The highest BCUT2D eigenvalue weighted by atomic mass is 32.2.